The first kappa shape index (κ1) is 18.9. The minimum Gasteiger partial charge on any atom is -0.463 e. The highest BCUT2D eigenvalue weighted by atomic mass is 79.9. The van der Waals surface area contributed by atoms with E-state index in [0.717, 1.165) is 4.47 Å². The highest BCUT2D eigenvalue weighted by Gasteiger charge is 2.18. The van der Waals surface area contributed by atoms with Crippen LogP contribution in [-0.2, 0) is 0 Å². The second-order valence-corrected chi connectivity index (χ2v) is 7.28. The lowest BCUT2D eigenvalue weighted by Crippen LogP contribution is -2.20. The molecule has 0 aliphatic rings. The molecular weight excluding hydrogens is 438 g/mol. The minimum atomic E-state index is -0.329. The van der Waals surface area contributed by atoms with Gasteiger partial charge in [-0.05, 0) is 44.2 Å². The van der Waals surface area contributed by atoms with Crippen molar-refractivity contribution in [1.82, 2.24) is 19.7 Å². The van der Waals surface area contributed by atoms with Gasteiger partial charge >= 0.3 is 0 Å². The number of aromatic nitrogens is 4. The van der Waals surface area contributed by atoms with Crippen molar-refractivity contribution < 1.29 is 9.21 Å². The SMILES string of the molecule is Cc1nc(-n2nc(-c3ccco3)cc2NC(=O)c2cccc(Br)c2)[nH]c(=O)c1C. The molecule has 0 saturated carbocycles. The maximum Gasteiger partial charge on any atom is 0.256 e. The zero-order chi connectivity index (χ0) is 20.5. The molecule has 0 radical (unpaired) electrons. The van der Waals surface area contributed by atoms with Gasteiger partial charge in [-0.1, -0.05) is 22.0 Å². The van der Waals surface area contributed by atoms with Gasteiger partial charge in [0.25, 0.3) is 11.5 Å². The van der Waals surface area contributed by atoms with Crippen LogP contribution in [0, 0.1) is 13.8 Å². The number of H-pyrrole nitrogens is 1. The Morgan fingerprint density at radius 2 is 2.03 bits per heavy atom. The van der Waals surface area contributed by atoms with Gasteiger partial charge in [-0.3, -0.25) is 14.6 Å². The molecule has 3 heterocycles. The summed E-state index contributed by atoms with van der Waals surface area (Å²) >= 11 is 3.36. The summed E-state index contributed by atoms with van der Waals surface area (Å²) in [6.07, 6.45) is 1.53. The Kier molecular flexibility index (Phi) is 4.89. The number of hydrogen-bond donors (Lipinski definition) is 2. The summed E-state index contributed by atoms with van der Waals surface area (Å²) in [5, 5.41) is 7.29. The molecule has 0 unspecified atom stereocenters. The van der Waals surface area contributed by atoms with Crippen LogP contribution in [0.15, 0.2) is 62.4 Å². The number of anilines is 1. The third-order valence-electron chi connectivity index (χ3n) is 4.39. The van der Waals surface area contributed by atoms with E-state index in [-0.39, 0.29) is 17.4 Å². The van der Waals surface area contributed by atoms with E-state index in [1.807, 2.05) is 6.07 Å². The lowest BCUT2D eigenvalue weighted by atomic mass is 10.2. The van der Waals surface area contributed by atoms with Crippen molar-refractivity contribution >= 4 is 27.7 Å². The average molecular weight is 454 g/mol. The highest BCUT2D eigenvalue weighted by molar-refractivity contribution is 9.10. The van der Waals surface area contributed by atoms with Gasteiger partial charge in [0.2, 0.25) is 5.95 Å². The molecular formula is C20H16BrN5O3. The number of carbonyl (C=O) groups excluding carboxylic acids is 1. The zero-order valence-corrected chi connectivity index (χ0v) is 17.1. The lowest BCUT2D eigenvalue weighted by Gasteiger charge is -2.09. The van der Waals surface area contributed by atoms with Crippen molar-refractivity contribution in [3.05, 3.63) is 80.4 Å². The van der Waals surface area contributed by atoms with E-state index in [0.29, 0.717) is 34.1 Å². The summed E-state index contributed by atoms with van der Waals surface area (Å²) in [5.74, 6) is 0.728. The molecule has 4 aromatic rings. The van der Waals surface area contributed by atoms with Crippen LogP contribution in [0.25, 0.3) is 17.4 Å². The summed E-state index contributed by atoms with van der Waals surface area (Å²) in [6, 6.07) is 12.2. The van der Waals surface area contributed by atoms with Gasteiger partial charge in [0.1, 0.15) is 11.5 Å². The molecule has 0 bridgehead atoms. The van der Waals surface area contributed by atoms with Crippen molar-refractivity contribution in [2.75, 3.05) is 5.32 Å². The molecule has 0 atom stereocenters. The van der Waals surface area contributed by atoms with Crippen LogP contribution in [0.4, 0.5) is 5.82 Å². The Bertz CT molecular complexity index is 1260. The van der Waals surface area contributed by atoms with Gasteiger partial charge < -0.3 is 9.73 Å². The molecule has 0 saturated heterocycles. The van der Waals surface area contributed by atoms with Crippen LogP contribution in [-0.4, -0.2) is 25.7 Å². The molecule has 9 heteroatoms. The molecule has 29 heavy (non-hydrogen) atoms. The molecule has 2 N–H and O–H groups in total. The summed E-state index contributed by atoms with van der Waals surface area (Å²) in [6.45, 7) is 3.43. The summed E-state index contributed by atoms with van der Waals surface area (Å²) in [5.41, 5.74) is 1.77. The van der Waals surface area contributed by atoms with Crippen LogP contribution < -0.4 is 10.9 Å². The van der Waals surface area contributed by atoms with Gasteiger partial charge in [-0.2, -0.15) is 9.78 Å². The van der Waals surface area contributed by atoms with E-state index in [1.54, 1.807) is 50.2 Å². The number of amides is 1. The largest absolute Gasteiger partial charge is 0.463 e. The first-order chi connectivity index (χ1) is 13.9. The van der Waals surface area contributed by atoms with E-state index in [9.17, 15) is 9.59 Å². The molecule has 8 nitrogen and oxygen atoms in total. The standard InChI is InChI=1S/C20H16BrN5O3/c1-11-12(2)22-20(24-18(11)27)26-17(10-15(25-26)16-7-4-8-29-16)23-19(28)13-5-3-6-14(21)9-13/h3-10H,1-2H3,(H,23,28)(H,22,24,27). The number of furan rings is 1. The molecule has 4 rings (SSSR count). The van der Waals surface area contributed by atoms with Crippen molar-refractivity contribution in [3.8, 4) is 17.4 Å². The Hall–Kier alpha value is -3.46. The number of nitrogens with zero attached hydrogens (tertiary/aromatic N) is 3. The fraction of sp³-hybridized carbons (Fsp3) is 0.100. The molecule has 0 fully saturated rings. The van der Waals surface area contributed by atoms with Gasteiger partial charge in [0, 0.05) is 27.4 Å². The summed E-state index contributed by atoms with van der Waals surface area (Å²) in [4.78, 5) is 32.1. The number of hydrogen-bond acceptors (Lipinski definition) is 5. The second-order valence-electron chi connectivity index (χ2n) is 6.37. The van der Waals surface area contributed by atoms with E-state index in [4.69, 9.17) is 4.42 Å². The van der Waals surface area contributed by atoms with Crippen LogP contribution >= 0.6 is 15.9 Å². The van der Waals surface area contributed by atoms with Crippen LogP contribution in [0.5, 0.6) is 0 Å². The summed E-state index contributed by atoms with van der Waals surface area (Å²) < 4.78 is 7.57. The van der Waals surface area contributed by atoms with Crippen LogP contribution in [0.1, 0.15) is 21.6 Å². The molecule has 0 spiro atoms. The smallest absolute Gasteiger partial charge is 0.256 e. The Balaban J connectivity index is 1.80. The predicted octanol–water partition coefficient (Wildman–Crippen LogP) is 3.85. The van der Waals surface area contributed by atoms with Crippen molar-refractivity contribution in [2.45, 2.75) is 13.8 Å². The van der Waals surface area contributed by atoms with Crippen LogP contribution in [0.2, 0.25) is 0 Å². The van der Waals surface area contributed by atoms with E-state index in [1.165, 1.54) is 10.9 Å². The number of nitrogens with one attached hydrogen (secondary N) is 2. The lowest BCUT2D eigenvalue weighted by molar-refractivity contribution is 0.102. The number of aromatic amines is 1. The molecule has 0 aliphatic heterocycles. The third-order valence-corrected chi connectivity index (χ3v) is 4.89. The van der Waals surface area contributed by atoms with E-state index < -0.39 is 0 Å². The average Bonchev–Trinajstić information content (AvgIpc) is 3.35. The summed E-state index contributed by atoms with van der Waals surface area (Å²) in [7, 11) is 0. The number of halogens is 1. The fourth-order valence-corrected chi connectivity index (χ4v) is 3.12. The maximum atomic E-state index is 12.7. The van der Waals surface area contributed by atoms with Crippen molar-refractivity contribution in [1.29, 1.82) is 0 Å². The first-order valence-corrected chi connectivity index (χ1v) is 9.50. The highest BCUT2D eigenvalue weighted by Crippen LogP contribution is 2.24. The monoisotopic (exact) mass is 453 g/mol. The van der Waals surface area contributed by atoms with Gasteiger partial charge in [-0.25, -0.2) is 4.98 Å². The van der Waals surface area contributed by atoms with E-state index in [2.05, 4.69) is 36.3 Å². The quantitative estimate of drug-likeness (QED) is 0.488. The minimum absolute atomic E-state index is 0.195. The molecule has 3 aromatic heterocycles. The Morgan fingerprint density at radius 3 is 2.72 bits per heavy atom. The van der Waals surface area contributed by atoms with Crippen LogP contribution in [0.3, 0.4) is 0 Å². The van der Waals surface area contributed by atoms with Crippen molar-refractivity contribution in [3.63, 3.8) is 0 Å². The van der Waals surface area contributed by atoms with E-state index >= 15 is 0 Å². The first-order valence-electron chi connectivity index (χ1n) is 8.71. The maximum absolute atomic E-state index is 12.7. The molecule has 1 aromatic carbocycles. The topological polar surface area (TPSA) is 106 Å². The molecule has 0 aliphatic carbocycles. The second kappa shape index (κ2) is 7.51. The predicted molar refractivity (Wildman–Crippen MR) is 111 cm³/mol. The van der Waals surface area contributed by atoms with Crippen molar-refractivity contribution in [2.24, 2.45) is 0 Å². The third kappa shape index (κ3) is 3.77. The Morgan fingerprint density at radius 1 is 1.21 bits per heavy atom. The molecule has 146 valence electrons. The number of carbonyl (C=O) groups is 1. The fourth-order valence-electron chi connectivity index (χ4n) is 2.73. The number of benzene rings is 1. The Labute approximate surface area is 173 Å². The number of rotatable bonds is 4. The van der Waals surface area contributed by atoms with Gasteiger partial charge in [-0.15, -0.1) is 0 Å². The number of aryl methyl sites for hydroxylation is 1. The van der Waals surface area contributed by atoms with Gasteiger partial charge in [0.15, 0.2) is 5.76 Å². The van der Waals surface area contributed by atoms with Gasteiger partial charge in [0.05, 0.1) is 6.26 Å². The normalized spacial score (nSPS) is 10.9. The zero-order valence-electron chi connectivity index (χ0n) is 15.6. The molecule has 1 amide bonds.